The monoisotopic (exact) mass is 377 g/mol. The van der Waals surface area contributed by atoms with Gasteiger partial charge in [-0.05, 0) is 43.2 Å². The smallest absolute Gasteiger partial charge is 0.295 e. The van der Waals surface area contributed by atoms with Crippen molar-refractivity contribution in [2.24, 2.45) is 0 Å². The summed E-state index contributed by atoms with van der Waals surface area (Å²) in [4.78, 5) is 26.8. The van der Waals surface area contributed by atoms with Crippen molar-refractivity contribution in [1.29, 1.82) is 0 Å². The van der Waals surface area contributed by atoms with Crippen LogP contribution in [0.2, 0.25) is 0 Å². The summed E-state index contributed by atoms with van der Waals surface area (Å²) < 4.78 is 5.54. The van der Waals surface area contributed by atoms with Gasteiger partial charge in [0.05, 0.1) is 18.2 Å². The van der Waals surface area contributed by atoms with E-state index in [2.05, 4.69) is 6.58 Å². The van der Waals surface area contributed by atoms with Crippen LogP contribution in [0.4, 0.5) is 0 Å². The van der Waals surface area contributed by atoms with E-state index in [4.69, 9.17) is 4.74 Å². The van der Waals surface area contributed by atoms with Crippen LogP contribution in [0.1, 0.15) is 29.7 Å². The number of ketones is 1. The third kappa shape index (κ3) is 3.43. The fourth-order valence-corrected chi connectivity index (χ4v) is 3.46. The number of aryl methyl sites for hydroxylation is 1. The number of aliphatic hydroxyl groups excluding tert-OH is 1. The molecule has 1 heterocycles. The van der Waals surface area contributed by atoms with E-state index in [1.807, 2.05) is 44.2 Å². The molecule has 28 heavy (non-hydrogen) atoms. The Labute approximate surface area is 164 Å². The van der Waals surface area contributed by atoms with Crippen LogP contribution in [0.3, 0.4) is 0 Å². The van der Waals surface area contributed by atoms with Crippen LogP contribution in [0.5, 0.6) is 5.75 Å². The highest BCUT2D eigenvalue weighted by atomic mass is 16.5. The maximum atomic E-state index is 12.8. The van der Waals surface area contributed by atoms with Gasteiger partial charge >= 0.3 is 0 Å². The molecule has 1 atom stereocenters. The molecule has 5 heteroatoms. The van der Waals surface area contributed by atoms with Crippen molar-refractivity contribution in [2.75, 3.05) is 13.2 Å². The van der Waals surface area contributed by atoms with Crippen molar-refractivity contribution in [3.63, 3.8) is 0 Å². The molecular formula is C23H23NO4. The second kappa shape index (κ2) is 8.13. The summed E-state index contributed by atoms with van der Waals surface area (Å²) in [6, 6.07) is 13.7. The SMILES string of the molecule is C=CCN1C(=O)C(=O)/C(=C(/O)c2ccc(OCC)c(C)c2)C1c1ccccc1. The molecule has 0 radical (unpaired) electrons. The molecular weight excluding hydrogens is 354 g/mol. The van der Waals surface area contributed by atoms with Gasteiger partial charge in [0.2, 0.25) is 0 Å². The highest BCUT2D eigenvalue weighted by Gasteiger charge is 2.45. The molecule has 0 saturated carbocycles. The summed E-state index contributed by atoms with van der Waals surface area (Å²) in [5.74, 6) is -0.812. The van der Waals surface area contributed by atoms with Crippen LogP contribution in [0.25, 0.3) is 5.76 Å². The molecule has 144 valence electrons. The number of hydrogen-bond acceptors (Lipinski definition) is 4. The zero-order valence-corrected chi connectivity index (χ0v) is 16.0. The van der Waals surface area contributed by atoms with Crippen LogP contribution in [-0.2, 0) is 9.59 Å². The fraction of sp³-hybridized carbons (Fsp3) is 0.217. The molecule has 1 aliphatic heterocycles. The molecule has 1 fully saturated rings. The first-order valence-electron chi connectivity index (χ1n) is 9.17. The first kappa shape index (κ1) is 19.4. The van der Waals surface area contributed by atoms with Gasteiger partial charge in [0.1, 0.15) is 11.5 Å². The number of rotatable bonds is 6. The number of Topliss-reactive ketones (excluding diaryl/α,β-unsaturated/α-hetero) is 1. The van der Waals surface area contributed by atoms with Gasteiger partial charge in [-0.2, -0.15) is 0 Å². The Morgan fingerprint density at radius 3 is 2.54 bits per heavy atom. The summed E-state index contributed by atoms with van der Waals surface area (Å²) in [5, 5.41) is 11.0. The molecule has 0 bridgehead atoms. The van der Waals surface area contributed by atoms with E-state index < -0.39 is 17.7 Å². The van der Waals surface area contributed by atoms with Gasteiger partial charge in [0.15, 0.2) is 0 Å². The standard InChI is InChI=1S/C23H23NO4/c1-4-13-24-20(16-9-7-6-8-10-16)19(22(26)23(24)27)21(25)17-11-12-18(28-5-2)15(3)14-17/h4,6-12,14,20,25H,1,5,13H2,2-3H3/b21-19+. The van der Waals surface area contributed by atoms with Crippen molar-refractivity contribution in [2.45, 2.75) is 19.9 Å². The maximum absolute atomic E-state index is 12.8. The average molecular weight is 377 g/mol. The van der Waals surface area contributed by atoms with Crippen molar-refractivity contribution in [1.82, 2.24) is 4.90 Å². The van der Waals surface area contributed by atoms with Gasteiger partial charge in [-0.25, -0.2) is 0 Å². The first-order chi connectivity index (χ1) is 13.5. The van der Waals surface area contributed by atoms with E-state index in [0.29, 0.717) is 17.9 Å². The normalized spacial score (nSPS) is 18.4. The Balaban J connectivity index is 2.15. The predicted octanol–water partition coefficient (Wildman–Crippen LogP) is 4.00. The number of benzene rings is 2. The van der Waals surface area contributed by atoms with E-state index in [9.17, 15) is 14.7 Å². The van der Waals surface area contributed by atoms with Gasteiger partial charge in [-0.1, -0.05) is 36.4 Å². The summed E-state index contributed by atoms with van der Waals surface area (Å²) in [6.07, 6.45) is 1.57. The van der Waals surface area contributed by atoms with Crippen LogP contribution in [0, 0.1) is 6.92 Å². The largest absolute Gasteiger partial charge is 0.507 e. The quantitative estimate of drug-likeness (QED) is 0.358. The summed E-state index contributed by atoms with van der Waals surface area (Å²) >= 11 is 0. The zero-order valence-electron chi connectivity index (χ0n) is 16.0. The van der Waals surface area contributed by atoms with Crippen molar-refractivity contribution in [3.05, 3.63) is 83.4 Å². The van der Waals surface area contributed by atoms with Gasteiger partial charge in [-0.3, -0.25) is 9.59 Å². The number of carbonyl (C=O) groups is 2. The maximum Gasteiger partial charge on any atom is 0.295 e. The number of nitrogens with zero attached hydrogens (tertiary/aromatic N) is 1. The third-order valence-electron chi connectivity index (χ3n) is 4.73. The third-order valence-corrected chi connectivity index (χ3v) is 4.73. The van der Waals surface area contributed by atoms with Crippen molar-refractivity contribution in [3.8, 4) is 5.75 Å². The molecule has 2 aromatic rings. The zero-order chi connectivity index (χ0) is 20.3. The molecule has 0 aromatic heterocycles. The van der Waals surface area contributed by atoms with Gasteiger partial charge < -0.3 is 14.7 Å². The average Bonchev–Trinajstić information content (AvgIpc) is 2.95. The topological polar surface area (TPSA) is 66.8 Å². The molecule has 1 amide bonds. The summed E-state index contributed by atoms with van der Waals surface area (Å²) in [5.41, 5.74) is 2.15. The summed E-state index contributed by atoms with van der Waals surface area (Å²) in [6.45, 7) is 8.19. The number of carbonyl (C=O) groups excluding carboxylic acids is 2. The molecule has 0 spiro atoms. The number of ether oxygens (including phenoxy) is 1. The van der Waals surface area contributed by atoms with Crippen LogP contribution >= 0.6 is 0 Å². The van der Waals surface area contributed by atoms with Crippen LogP contribution < -0.4 is 4.74 Å². The number of amides is 1. The highest BCUT2D eigenvalue weighted by Crippen LogP contribution is 2.39. The Kier molecular flexibility index (Phi) is 5.64. The fourth-order valence-electron chi connectivity index (χ4n) is 3.46. The molecule has 5 nitrogen and oxygen atoms in total. The minimum absolute atomic E-state index is 0.0848. The molecule has 1 saturated heterocycles. The Bertz CT molecular complexity index is 946. The molecule has 2 aromatic carbocycles. The van der Waals surface area contributed by atoms with Gasteiger partial charge in [0, 0.05) is 12.1 Å². The Morgan fingerprint density at radius 2 is 1.93 bits per heavy atom. The van der Waals surface area contributed by atoms with Crippen LogP contribution in [0.15, 0.2) is 66.8 Å². The molecule has 1 aliphatic rings. The van der Waals surface area contributed by atoms with Crippen molar-refractivity contribution < 1.29 is 19.4 Å². The number of aliphatic hydroxyl groups is 1. The van der Waals surface area contributed by atoms with E-state index in [0.717, 1.165) is 11.1 Å². The van der Waals surface area contributed by atoms with E-state index in [1.165, 1.54) is 4.90 Å². The van der Waals surface area contributed by atoms with E-state index in [1.54, 1.807) is 24.3 Å². The molecule has 0 aliphatic carbocycles. The first-order valence-corrected chi connectivity index (χ1v) is 9.17. The highest BCUT2D eigenvalue weighted by molar-refractivity contribution is 6.46. The Hall–Kier alpha value is -3.34. The lowest BCUT2D eigenvalue weighted by molar-refractivity contribution is -0.139. The lowest BCUT2D eigenvalue weighted by Gasteiger charge is -2.24. The lowest BCUT2D eigenvalue weighted by Crippen LogP contribution is -2.29. The summed E-state index contributed by atoms with van der Waals surface area (Å²) in [7, 11) is 0. The van der Waals surface area contributed by atoms with E-state index >= 15 is 0 Å². The molecule has 3 rings (SSSR count). The van der Waals surface area contributed by atoms with Gasteiger partial charge in [0.25, 0.3) is 11.7 Å². The number of hydrogen-bond donors (Lipinski definition) is 1. The van der Waals surface area contributed by atoms with Gasteiger partial charge in [-0.15, -0.1) is 6.58 Å². The van der Waals surface area contributed by atoms with Crippen LogP contribution in [-0.4, -0.2) is 34.8 Å². The molecule has 1 unspecified atom stereocenters. The van der Waals surface area contributed by atoms with E-state index in [-0.39, 0.29) is 17.9 Å². The number of likely N-dealkylation sites (tertiary alicyclic amines) is 1. The molecule has 1 N–H and O–H groups in total. The second-order valence-electron chi connectivity index (χ2n) is 6.56. The minimum Gasteiger partial charge on any atom is -0.507 e. The lowest BCUT2D eigenvalue weighted by atomic mass is 9.95. The Morgan fingerprint density at radius 1 is 1.21 bits per heavy atom. The second-order valence-corrected chi connectivity index (χ2v) is 6.56. The van der Waals surface area contributed by atoms with Crippen molar-refractivity contribution >= 4 is 17.4 Å². The minimum atomic E-state index is -0.695. The predicted molar refractivity (Wildman–Crippen MR) is 108 cm³/mol.